The van der Waals surface area contributed by atoms with Gasteiger partial charge in [-0.05, 0) is 61.4 Å². The zero-order valence-electron chi connectivity index (χ0n) is 13.2. The van der Waals surface area contributed by atoms with Crippen molar-refractivity contribution in [3.8, 4) is 0 Å². The second-order valence-corrected chi connectivity index (χ2v) is 7.72. The van der Waals surface area contributed by atoms with Gasteiger partial charge in [0.15, 0.2) is 0 Å². The van der Waals surface area contributed by atoms with E-state index >= 15 is 0 Å². The molecule has 2 unspecified atom stereocenters. The van der Waals surface area contributed by atoms with E-state index in [0.717, 1.165) is 44.5 Å². The third kappa shape index (κ3) is 4.54. The van der Waals surface area contributed by atoms with Crippen molar-refractivity contribution in [1.82, 2.24) is 10.6 Å². The van der Waals surface area contributed by atoms with Crippen LogP contribution in [0.5, 0.6) is 0 Å². The zero-order chi connectivity index (χ0) is 15.7. The molecule has 0 bridgehead atoms. The molecule has 2 aliphatic rings. The molecule has 3 nitrogen and oxygen atoms in total. The summed E-state index contributed by atoms with van der Waals surface area (Å²) < 4.78 is 0. The van der Waals surface area contributed by atoms with Crippen molar-refractivity contribution in [2.45, 2.75) is 32.1 Å². The number of carbonyl (C=O) groups is 1. The van der Waals surface area contributed by atoms with Crippen molar-refractivity contribution >= 4 is 41.5 Å². The Balaban J connectivity index is 0.00000192. The van der Waals surface area contributed by atoms with Crippen LogP contribution in [0, 0.1) is 11.3 Å². The molecule has 1 saturated heterocycles. The maximum absolute atomic E-state index is 12.3. The van der Waals surface area contributed by atoms with Crippen LogP contribution in [0.15, 0.2) is 18.2 Å². The third-order valence-corrected chi connectivity index (χ3v) is 5.74. The van der Waals surface area contributed by atoms with Crippen LogP contribution < -0.4 is 10.6 Å². The van der Waals surface area contributed by atoms with Crippen LogP contribution in [-0.2, 0) is 4.79 Å². The number of piperidine rings is 1. The van der Waals surface area contributed by atoms with Gasteiger partial charge in [-0.2, -0.15) is 0 Å². The number of rotatable bonds is 4. The summed E-state index contributed by atoms with van der Waals surface area (Å²) in [6.07, 6.45) is 3.14. The fourth-order valence-corrected chi connectivity index (χ4v) is 3.54. The average molecular weight is 378 g/mol. The van der Waals surface area contributed by atoms with E-state index in [1.54, 1.807) is 0 Å². The van der Waals surface area contributed by atoms with Crippen molar-refractivity contribution < 1.29 is 4.79 Å². The largest absolute Gasteiger partial charge is 0.355 e. The Bertz CT molecular complexity index is 573. The number of amides is 1. The van der Waals surface area contributed by atoms with E-state index in [0.29, 0.717) is 10.0 Å². The van der Waals surface area contributed by atoms with Crippen LogP contribution in [0.3, 0.4) is 0 Å². The number of hydrogen-bond donors (Lipinski definition) is 2. The topological polar surface area (TPSA) is 41.1 Å². The molecule has 2 fully saturated rings. The van der Waals surface area contributed by atoms with Gasteiger partial charge in [0.1, 0.15) is 0 Å². The quantitative estimate of drug-likeness (QED) is 0.832. The molecule has 0 aromatic heterocycles. The Labute approximate surface area is 153 Å². The average Bonchev–Trinajstić information content (AvgIpc) is 3.29. The lowest BCUT2D eigenvalue weighted by atomic mass is 9.81. The number of nitrogens with one attached hydrogen (secondary N) is 2. The summed E-state index contributed by atoms with van der Waals surface area (Å²) in [5.74, 6) is 0.550. The predicted molar refractivity (Wildman–Crippen MR) is 97.8 cm³/mol. The summed E-state index contributed by atoms with van der Waals surface area (Å²) in [5.41, 5.74) is 1.34. The molecule has 1 aliphatic heterocycles. The number of hydrogen-bond acceptors (Lipinski definition) is 2. The van der Waals surface area contributed by atoms with E-state index in [4.69, 9.17) is 23.2 Å². The number of carbonyl (C=O) groups excluding carboxylic acids is 1. The van der Waals surface area contributed by atoms with Crippen LogP contribution in [0.2, 0.25) is 10.0 Å². The van der Waals surface area contributed by atoms with Crippen LogP contribution in [-0.4, -0.2) is 25.5 Å². The van der Waals surface area contributed by atoms with E-state index in [1.807, 2.05) is 18.2 Å². The fourth-order valence-electron chi connectivity index (χ4n) is 3.23. The Morgan fingerprint density at radius 1 is 1.30 bits per heavy atom. The minimum atomic E-state index is 0. The summed E-state index contributed by atoms with van der Waals surface area (Å²) in [4.78, 5) is 12.3. The second-order valence-electron chi connectivity index (χ2n) is 6.90. The van der Waals surface area contributed by atoms with E-state index in [-0.39, 0.29) is 35.6 Å². The fraction of sp³-hybridized carbons (Fsp3) is 0.588. The van der Waals surface area contributed by atoms with Gasteiger partial charge in [-0.15, -0.1) is 12.4 Å². The van der Waals surface area contributed by atoms with Crippen molar-refractivity contribution in [2.24, 2.45) is 11.3 Å². The minimum absolute atomic E-state index is 0. The van der Waals surface area contributed by atoms with Gasteiger partial charge >= 0.3 is 0 Å². The van der Waals surface area contributed by atoms with Gasteiger partial charge in [0, 0.05) is 12.5 Å². The molecule has 23 heavy (non-hydrogen) atoms. The van der Waals surface area contributed by atoms with Crippen LogP contribution >= 0.6 is 35.6 Å². The standard InChI is InChI=1S/C17H22Cl2N2O.ClH/c1-17(4-6-20-7-5-17)10-21-16(22)13-9-12(13)11-2-3-14(18)15(19)8-11;/h2-3,8,12-13,20H,4-7,9-10H2,1H3,(H,21,22);1H. The van der Waals surface area contributed by atoms with Gasteiger partial charge in [0.25, 0.3) is 0 Å². The molecule has 0 spiro atoms. The van der Waals surface area contributed by atoms with E-state index < -0.39 is 0 Å². The van der Waals surface area contributed by atoms with Crippen LogP contribution in [0.25, 0.3) is 0 Å². The normalized spacial score (nSPS) is 25.3. The van der Waals surface area contributed by atoms with Gasteiger partial charge in [0.2, 0.25) is 5.91 Å². The maximum Gasteiger partial charge on any atom is 0.223 e. The molecular weight excluding hydrogens is 355 g/mol. The first-order valence-corrected chi connectivity index (χ1v) is 8.67. The Morgan fingerprint density at radius 2 is 2.00 bits per heavy atom. The number of benzene rings is 1. The first-order chi connectivity index (χ1) is 10.5. The molecule has 0 radical (unpaired) electrons. The SMILES string of the molecule is CC1(CNC(=O)C2CC2c2ccc(Cl)c(Cl)c2)CCNCC1.Cl. The Morgan fingerprint density at radius 3 is 2.65 bits per heavy atom. The van der Waals surface area contributed by atoms with E-state index in [1.165, 1.54) is 0 Å². The molecule has 128 valence electrons. The highest BCUT2D eigenvalue weighted by molar-refractivity contribution is 6.42. The van der Waals surface area contributed by atoms with E-state index in [2.05, 4.69) is 17.6 Å². The molecule has 1 heterocycles. The zero-order valence-corrected chi connectivity index (χ0v) is 15.5. The van der Waals surface area contributed by atoms with Gasteiger partial charge in [-0.1, -0.05) is 36.2 Å². The third-order valence-electron chi connectivity index (χ3n) is 5.00. The maximum atomic E-state index is 12.3. The molecule has 1 amide bonds. The molecule has 3 rings (SSSR count). The Kier molecular flexibility index (Phi) is 6.23. The lowest BCUT2D eigenvalue weighted by Gasteiger charge is -2.34. The van der Waals surface area contributed by atoms with E-state index in [9.17, 15) is 4.79 Å². The van der Waals surface area contributed by atoms with Gasteiger partial charge in [0.05, 0.1) is 10.0 Å². The summed E-state index contributed by atoms with van der Waals surface area (Å²) in [6.45, 7) is 5.12. The summed E-state index contributed by atoms with van der Waals surface area (Å²) >= 11 is 12.0. The molecule has 2 N–H and O–H groups in total. The van der Waals surface area contributed by atoms with Gasteiger partial charge in [-0.3, -0.25) is 4.79 Å². The van der Waals surface area contributed by atoms with Gasteiger partial charge < -0.3 is 10.6 Å². The van der Waals surface area contributed by atoms with Crippen molar-refractivity contribution in [3.05, 3.63) is 33.8 Å². The molecule has 6 heteroatoms. The van der Waals surface area contributed by atoms with Crippen molar-refractivity contribution in [3.63, 3.8) is 0 Å². The molecule has 2 atom stereocenters. The minimum Gasteiger partial charge on any atom is -0.355 e. The first-order valence-electron chi connectivity index (χ1n) is 7.92. The molecule has 1 saturated carbocycles. The first kappa shape index (κ1) is 18.9. The van der Waals surface area contributed by atoms with Crippen molar-refractivity contribution in [2.75, 3.05) is 19.6 Å². The van der Waals surface area contributed by atoms with Crippen LogP contribution in [0.1, 0.15) is 37.7 Å². The summed E-state index contributed by atoms with van der Waals surface area (Å²) in [7, 11) is 0. The lowest BCUT2D eigenvalue weighted by Crippen LogP contribution is -2.43. The van der Waals surface area contributed by atoms with Crippen molar-refractivity contribution in [1.29, 1.82) is 0 Å². The smallest absolute Gasteiger partial charge is 0.223 e. The highest BCUT2D eigenvalue weighted by Crippen LogP contribution is 2.48. The molecule has 1 aliphatic carbocycles. The monoisotopic (exact) mass is 376 g/mol. The predicted octanol–water partition coefficient (Wildman–Crippen LogP) is 4.02. The highest BCUT2D eigenvalue weighted by atomic mass is 35.5. The number of halogens is 3. The molecule has 1 aromatic rings. The summed E-state index contributed by atoms with van der Waals surface area (Å²) in [5, 5.41) is 7.64. The lowest BCUT2D eigenvalue weighted by molar-refractivity contribution is -0.123. The summed E-state index contributed by atoms with van der Waals surface area (Å²) in [6, 6.07) is 5.67. The van der Waals surface area contributed by atoms with Crippen LogP contribution in [0.4, 0.5) is 0 Å². The highest BCUT2D eigenvalue weighted by Gasteiger charge is 2.44. The second kappa shape index (κ2) is 7.60. The molecular formula is C17H23Cl3N2O. The molecule has 1 aromatic carbocycles. The Hall–Kier alpha value is -0.480. The van der Waals surface area contributed by atoms with Gasteiger partial charge in [-0.25, -0.2) is 0 Å².